The zero-order chi connectivity index (χ0) is 9.68. The molecule has 0 aliphatic carbocycles. The van der Waals surface area contributed by atoms with Gasteiger partial charge in [-0.2, -0.15) is 0 Å². The molecule has 0 aliphatic rings. The van der Waals surface area contributed by atoms with Gasteiger partial charge in [0.15, 0.2) is 0 Å². The van der Waals surface area contributed by atoms with Crippen molar-refractivity contribution >= 4 is 6.03 Å². The predicted molar refractivity (Wildman–Crippen MR) is 49.3 cm³/mol. The zero-order valence-electron chi connectivity index (χ0n) is 7.83. The van der Waals surface area contributed by atoms with Gasteiger partial charge >= 0.3 is 6.03 Å². The molecular weight excluding hydrogens is 168 g/mol. The van der Waals surface area contributed by atoms with Crippen LogP contribution in [0.5, 0.6) is 0 Å². The first-order valence-corrected chi connectivity index (χ1v) is 4.31. The molecule has 4 heteroatoms. The molecule has 0 radical (unpaired) electrons. The van der Waals surface area contributed by atoms with Crippen molar-refractivity contribution in [3.8, 4) is 0 Å². The Balaban J connectivity index is 2.42. The predicted octanol–water partition coefficient (Wildman–Crippen LogP) is 1.66. The van der Waals surface area contributed by atoms with Gasteiger partial charge in [0, 0.05) is 6.54 Å². The molecule has 0 spiro atoms. The van der Waals surface area contributed by atoms with E-state index in [1.54, 1.807) is 12.3 Å². The minimum absolute atomic E-state index is 0.0958. The fourth-order valence-electron chi connectivity index (χ4n) is 1.02. The van der Waals surface area contributed by atoms with Gasteiger partial charge in [0.05, 0.1) is 12.3 Å². The van der Waals surface area contributed by atoms with Gasteiger partial charge in [-0.05, 0) is 26.0 Å². The Hall–Kier alpha value is -1.45. The van der Waals surface area contributed by atoms with Crippen LogP contribution in [-0.2, 0) is 0 Å². The number of hydrogen-bond donors (Lipinski definition) is 2. The summed E-state index contributed by atoms with van der Waals surface area (Å²) < 4.78 is 5.13. The van der Waals surface area contributed by atoms with Crippen molar-refractivity contribution < 1.29 is 9.21 Å². The highest BCUT2D eigenvalue weighted by Crippen LogP contribution is 2.11. The summed E-state index contributed by atoms with van der Waals surface area (Å²) in [5.41, 5.74) is 0. The van der Waals surface area contributed by atoms with E-state index in [-0.39, 0.29) is 12.1 Å². The van der Waals surface area contributed by atoms with Crippen molar-refractivity contribution in [1.82, 2.24) is 10.6 Å². The monoisotopic (exact) mass is 182 g/mol. The molecule has 0 bridgehead atoms. The Morgan fingerprint density at radius 1 is 1.69 bits per heavy atom. The lowest BCUT2D eigenvalue weighted by atomic mass is 10.2. The first-order chi connectivity index (χ1) is 6.24. The first kappa shape index (κ1) is 9.64. The Bertz CT molecular complexity index is 257. The van der Waals surface area contributed by atoms with E-state index in [1.807, 2.05) is 19.9 Å². The van der Waals surface area contributed by atoms with Crippen LogP contribution in [0.4, 0.5) is 4.79 Å². The maximum atomic E-state index is 11.1. The second kappa shape index (κ2) is 4.54. The van der Waals surface area contributed by atoms with Crippen LogP contribution in [0, 0.1) is 0 Å². The van der Waals surface area contributed by atoms with E-state index in [1.165, 1.54) is 0 Å². The normalized spacial score (nSPS) is 12.2. The number of carbonyl (C=O) groups excluding carboxylic acids is 1. The third-order valence-electron chi connectivity index (χ3n) is 1.65. The van der Waals surface area contributed by atoms with Crippen LogP contribution >= 0.6 is 0 Å². The molecule has 0 aliphatic heterocycles. The number of hydrogen-bond acceptors (Lipinski definition) is 2. The standard InChI is InChI=1S/C9H14N2O2/c1-3-10-9(12)11-7(2)8-5-4-6-13-8/h4-7H,3H2,1-2H3,(H2,10,11,12). The van der Waals surface area contributed by atoms with Gasteiger partial charge in [-0.1, -0.05) is 0 Å². The van der Waals surface area contributed by atoms with Gasteiger partial charge in [0.25, 0.3) is 0 Å². The molecule has 1 rings (SSSR count). The molecule has 4 nitrogen and oxygen atoms in total. The van der Waals surface area contributed by atoms with Gasteiger partial charge in [0.2, 0.25) is 0 Å². The maximum absolute atomic E-state index is 11.1. The lowest BCUT2D eigenvalue weighted by molar-refractivity contribution is 0.236. The molecule has 0 saturated heterocycles. The number of nitrogens with one attached hydrogen (secondary N) is 2. The van der Waals surface area contributed by atoms with Crippen LogP contribution in [0.2, 0.25) is 0 Å². The highest BCUT2D eigenvalue weighted by atomic mass is 16.3. The number of urea groups is 1. The average Bonchev–Trinajstić information content (AvgIpc) is 2.55. The van der Waals surface area contributed by atoms with E-state index in [0.29, 0.717) is 6.54 Å². The van der Waals surface area contributed by atoms with E-state index in [4.69, 9.17) is 4.42 Å². The summed E-state index contributed by atoms with van der Waals surface area (Å²) in [5, 5.41) is 5.39. The number of rotatable bonds is 3. The molecule has 1 aromatic rings. The first-order valence-electron chi connectivity index (χ1n) is 4.31. The number of carbonyl (C=O) groups is 1. The molecule has 1 atom stereocenters. The van der Waals surface area contributed by atoms with E-state index < -0.39 is 0 Å². The maximum Gasteiger partial charge on any atom is 0.315 e. The highest BCUT2D eigenvalue weighted by Gasteiger charge is 2.09. The number of furan rings is 1. The summed E-state index contributed by atoms with van der Waals surface area (Å²) >= 11 is 0. The van der Waals surface area contributed by atoms with Gasteiger partial charge in [0.1, 0.15) is 5.76 Å². The summed E-state index contributed by atoms with van der Waals surface area (Å²) in [7, 11) is 0. The molecule has 72 valence electrons. The zero-order valence-corrected chi connectivity index (χ0v) is 7.83. The Kier molecular flexibility index (Phi) is 3.37. The van der Waals surface area contributed by atoms with Crippen molar-refractivity contribution in [2.24, 2.45) is 0 Å². The summed E-state index contributed by atoms with van der Waals surface area (Å²) in [6.07, 6.45) is 1.59. The molecule has 1 unspecified atom stereocenters. The average molecular weight is 182 g/mol. The Morgan fingerprint density at radius 3 is 3.00 bits per heavy atom. The Morgan fingerprint density at radius 2 is 2.46 bits per heavy atom. The summed E-state index contributed by atoms with van der Waals surface area (Å²) in [6.45, 7) is 4.36. The largest absolute Gasteiger partial charge is 0.467 e. The molecule has 2 amide bonds. The molecule has 0 saturated carbocycles. The third kappa shape index (κ3) is 2.82. The van der Waals surface area contributed by atoms with Crippen molar-refractivity contribution in [2.45, 2.75) is 19.9 Å². The van der Waals surface area contributed by atoms with Crippen molar-refractivity contribution in [3.63, 3.8) is 0 Å². The van der Waals surface area contributed by atoms with Gasteiger partial charge in [-0.25, -0.2) is 4.79 Å². The van der Waals surface area contributed by atoms with Crippen LogP contribution in [-0.4, -0.2) is 12.6 Å². The van der Waals surface area contributed by atoms with Gasteiger partial charge in [-0.3, -0.25) is 0 Å². The second-order valence-corrected chi connectivity index (χ2v) is 2.74. The molecule has 1 heterocycles. The fraction of sp³-hybridized carbons (Fsp3) is 0.444. The SMILES string of the molecule is CCNC(=O)NC(C)c1ccco1. The lowest BCUT2D eigenvalue weighted by Gasteiger charge is -2.11. The second-order valence-electron chi connectivity index (χ2n) is 2.74. The van der Waals surface area contributed by atoms with Crippen LogP contribution in [0.15, 0.2) is 22.8 Å². The lowest BCUT2D eigenvalue weighted by Crippen LogP contribution is -2.36. The molecule has 1 aromatic heterocycles. The van der Waals surface area contributed by atoms with E-state index >= 15 is 0 Å². The molecule has 0 fully saturated rings. The molecule has 13 heavy (non-hydrogen) atoms. The van der Waals surface area contributed by atoms with Crippen molar-refractivity contribution in [3.05, 3.63) is 24.2 Å². The molecule has 2 N–H and O–H groups in total. The van der Waals surface area contributed by atoms with Crippen LogP contribution in [0.1, 0.15) is 25.6 Å². The van der Waals surface area contributed by atoms with Crippen LogP contribution in [0.25, 0.3) is 0 Å². The molecule has 0 aromatic carbocycles. The minimum atomic E-state index is -0.175. The minimum Gasteiger partial charge on any atom is -0.467 e. The van der Waals surface area contributed by atoms with Crippen LogP contribution in [0.3, 0.4) is 0 Å². The van der Waals surface area contributed by atoms with Gasteiger partial charge in [-0.15, -0.1) is 0 Å². The molecular formula is C9H14N2O2. The quantitative estimate of drug-likeness (QED) is 0.746. The van der Waals surface area contributed by atoms with Crippen molar-refractivity contribution in [1.29, 1.82) is 0 Å². The summed E-state index contributed by atoms with van der Waals surface area (Å²) in [4.78, 5) is 11.1. The van der Waals surface area contributed by atoms with Crippen molar-refractivity contribution in [2.75, 3.05) is 6.54 Å². The van der Waals surface area contributed by atoms with E-state index in [2.05, 4.69) is 10.6 Å². The summed E-state index contributed by atoms with van der Waals surface area (Å²) in [6, 6.07) is 3.36. The fourth-order valence-corrected chi connectivity index (χ4v) is 1.02. The Labute approximate surface area is 77.3 Å². The smallest absolute Gasteiger partial charge is 0.315 e. The third-order valence-corrected chi connectivity index (χ3v) is 1.65. The van der Waals surface area contributed by atoms with Crippen LogP contribution < -0.4 is 10.6 Å². The summed E-state index contributed by atoms with van der Waals surface area (Å²) in [5.74, 6) is 0.756. The van der Waals surface area contributed by atoms with Gasteiger partial charge < -0.3 is 15.1 Å². The van der Waals surface area contributed by atoms with E-state index in [0.717, 1.165) is 5.76 Å². The topological polar surface area (TPSA) is 54.3 Å². The highest BCUT2D eigenvalue weighted by molar-refractivity contribution is 5.74. The number of amides is 2. The van der Waals surface area contributed by atoms with E-state index in [9.17, 15) is 4.79 Å².